The van der Waals surface area contributed by atoms with Crippen LogP contribution in [-0.4, -0.2) is 16.0 Å². The molecule has 0 saturated carbocycles. The molecule has 0 bridgehead atoms. The van der Waals surface area contributed by atoms with Gasteiger partial charge in [-0.25, -0.2) is 9.37 Å². The topological polar surface area (TPSA) is 37.8 Å². The van der Waals surface area contributed by atoms with E-state index in [-0.39, 0.29) is 17.1 Å². The Hall–Kier alpha value is -1.34. The Balaban J connectivity index is 2.79. The van der Waals surface area contributed by atoms with Crippen LogP contribution in [0.5, 0.6) is 0 Å². The predicted molar refractivity (Wildman–Crippen MR) is 58.2 cm³/mol. The SMILES string of the molecule is C#CC(CCC)Nc1nc(Cl)ncc1F. The van der Waals surface area contributed by atoms with E-state index in [9.17, 15) is 4.39 Å². The number of nitrogens with zero attached hydrogens (tertiary/aromatic N) is 2. The van der Waals surface area contributed by atoms with Crippen LogP contribution in [0.4, 0.5) is 10.2 Å². The van der Waals surface area contributed by atoms with Crippen LogP contribution in [0.1, 0.15) is 19.8 Å². The molecule has 0 spiro atoms. The van der Waals surface area contributed by atoms with Gasteiger partial charge in [0.15, 0.2) is 11.6 Å². The Morgan fingerprint density at radius 2 is 2.47 bits per heavy atom. The van der Waals surface area contributed by atoms with Crippen LogP contribution < -0.4 is 5.32 Å². The van der Waals surface area contributed by atoms with Gasteiger partial charge in [-0.1, -0.05) is 19.3 Å². The van der Waals surface area contributed by atoms with Crippen molar-refractivity contribution in [2.75, 3.05) is 5.32 Å². The number of aromatic nitrogens is 2. The number of rotatable bonds is 4. The molecule has 1 aromatic heterocycles. The summed E-state index contributed by atoms with van der Waals surface area (Å²) < 4.78 is 13.2. The maximum Gasteiger partial charge on any atom is 0.224 e. The van der Waals surface area contributed by atoms with Crippen LogP contribution in [0.15, 0.2) is 6.20 Å². The van der Waals surface area contributed by atoms with E-state index < -0.39 is 5.82 Å². The van der Waals surface area contributed by atoms with Crippen LogP contribution in [0.2, 0.25) is 5.28 Å². The lowest BCUT2D eigenvalue weighted by atomic mass is 10.2. The van der Waals surface area contributed by atoms with Crippen LogP contribution in [0.25, 0.3) is 0 Å². The van der Waals surface area contributed by atoms with E-state index in [1.807, 2.05) is 6.92 Å². The van der Waals surface area contributed by atoms with Gasteiger partial charge in [-0.3, -0.25) is 0 Å². The van der Waals surface area contributed by atoms with Crippen molar-refractivity contribution < 1.29 is 4.39 Å². The fraction of sp³-hybridized carbons (Fsp3) is 0.400. The minimum absolute atomic E-state index is 0.00818. The molecule has 1 rings (SSSR count). The fourth-order valence-electron chi connectivity index (χ4n) is 1.10. The van der Waals surface area contributed by atoms with Crippen molar-refractivity contribution >= 4 is 17.4 Å². The largest absolute Gasteiger partial charge is 0.354 e. The summed E-state index contributed by atoms with van der Waals surface area (Å²) in [4.78, 5) is 7.22. The number of anilines is 1. The van der Waals surface area contributed by atoms with E-state index in [0.29, 0.717) is 0 Å². The summed E-state index contributed by atoms with van der Waals surface area (Å²) in [7, 11) is 0. The number of terminal acetylenes is 1. The summed E-state index contributed by atoms with van der Waals surface area (Å²) in [6, 6.07) is -0.240. The molecule has 0 amide bonds. The molecule has 0 fully saturated rings. The number of nitrogens with one attached hydrogen (secondary N) is 1. The molecule has 15 heavy (non-hydrogen) atoms. The molecule has 0 aromatic carbocycles. The zero-order chi connectivity index (χ0) is 11.3. The maximum atomic E-state index is 13.2. The summed E-state index contributed by atoms with van der Waals surface area (Å²) in [6.07, 6.45) is 7.95. The Morgan fingerprint density at radius 3 is 3.07 bits per heavy atom. The molecule has 5 heteroatoms. The normalized spacial score (nSPS) is 11.9. The predicted octanol–water partition coefficient (Wildman–Crippen LogP) is 2.48. The van der Waals surface area contributed by atoms with Gasteiger partial charge in [0, 0.05) is 0 Å². The minimum Gasteiger partial charge on any atom is -0.354 e. The smallest absolute Gasteiger partial charge is 0.224 e. The maximum absolute atomic E-state index is 13.2. The summed E-state index contributed by atoms with van der Waals surface area (Å²) in [6.45, 7) is 2.00. The van der Waals surface area contributed by atoms with Crippen molar-refractivity contribution in [2.45, 2.75) is 25.8 Å². The second-order valence-electron chi connectivity index (χ2n) is 2.99. The molecule has 0 aliphatic carbocycles. The van der Waals surface area contributed by atoms with Crippen molar-refractivity contribution in [1.82, 2.24) is 9.97 Å². The van der Waals surface area contributed by atoms with Gasteiger partial charge in [0.25, 0.3) is 0 Å². The number of hydrogen-bond donors (Lipinski definition) is 1. The molecular formula is C10H11ClFN3. The van der Waals surface area contributed by atoms with Crippen LogP contribution in [-0.2, 0) is 0 Å². The van der Waals surface area contributed by atoms with Gasteiger partial charge in [-0.2, -0.15) is 4.98 Å². The second kappa shape index (κ2) is 5.52. The minimum atomic E-state index is -0.559. The third kappa shape index (κ3) is 3.37. The van der Waals surface area contributed by atoms with Gasteiger partial charge in [0.2, 0.25) is 5.28 Å². The van der Waals surface area contributed by atoms with Gasteiger partial charge in [-0.05, 0) is 18.0 Å². The van der Waals surface area contributed by atoms with E-state index in [1.165, 1.54) is 0 Å². The molecule has 3 nitrogen and oxygen atoms in total. The standard InChI is InChI=1S/C10H11ClFN3/c1-3-5-7(4-2)14-9-8(12)6-13-10(11)15-9/h2,6-7H,3,5H2,1H3,(H,13,14,15). The molecule has 1 heterocycles. The van der Waals surface area contributed by atoms with E-state index in [1.54, 1.807) is 0 Å². The molecule has 0 aliphatic rings. The second-order valence-corrected chi connectivity index (χ2v) is 3.33. The monoisotopic (exact) mass is 227 g/mol. The zero-order valence-electron chi connectivity index (χ0n) is 8.30. The Labute approximate surface area is 93.1 Å². The highest BCUT2D eigenvalue weighted by Gasteiger charge is 2.10. The third-order valence-electron chi connectivity index (χ3n) is 1.80. The van der Waals surface area contributed by atoms with Gasteiger partial charge in [-0.15, -0.1) is 6.42 Å². The summed E-state index contributed by atoms with van der Waals surface area (Å²) in [5.41, 5.74) is 0. The van der Waals surface area contributed by atoms with Gasteiger partial charge >= 0.3 is 0 Å². The van der Waals surface area contributed by atoms with Gasteiger partial charge < -0.3 is 5.32 Å². The molecule has 1 atom stereocenters. The lowest BCUT2D eigenvalue weighted by Gasteiger charge is -2.12. The molecule has 1 aromatic rings. The Bertz CT molecular complexity index is 375. The lowest BCUT2D eigenvalue weighted by molar-refractivity contribution is 0.612. The molecule has 0 aliphatic heterocycles. The van der Waals surface area contributed by atoms with E-state index in [0.717, 1.165) is 19.0 Å². The Kier molecular flexibility index (Phi) is 4.32. The van der Waals surface area contributed by atoms with Crippen LogP contribution in [0, 0.1) is 18.2 Å². The van der Waals surface area contributed by atoms with Gasteiger partial charge in [0.1, 0.15) is 0 Å². The van der Waals surface area contributed by atoms with Crippen molar-refractivity contribution in [2.24, 2.45) is 0 Å². The summed E-state index contributed by atoms with van der Waals surface area (Å²) in [5, 5.41) is 2.78. The summed E-state index contributed by atoms with van der Waals surface area (Å²) in [5.74, 6) is 2.00. The molecule has 1 N–H and O–H groups in total. The highest BCUT2D eigenvalue weighted by Crippen LogP contribution is 2.14. The lowest BCUT2D eigenvalue weighted by Crippen LogP contribution is -2.18. The molecular weight excluding hydrogens is 217 g/mol. The fourth-order valence-corrected chi connectivity index (χ4v) is 1.23. The van der Waals surface area contributed by atoms with Gasteiger partial charge in [0.05, 0.1) is 12.2 Å². The molecule has 80 valence electrons. The van der Waals surface area contributed by atoms with Crippen molar-refractivity contribution in [3.05, 3.63) is 17.3 Å². The highest BCUT2D eigenvalue weighted by molar-refractivity contribution is 6.28. The van der Waals surface area contributed by atoms with Crippen molar-refractivity contribution in [1.29, 1.82) is 0 Å². The number of halogens is 2. The molecule has 0 radical (unpaired) electrons. The number of hydrogen-bond acceptors (Lipinski definition) is 3. The van der Waals surface area contributed by atoms with E-state index in [2.05, 4.69) is 21.2 Å². The molecule has 0 saturated heterocycles. The average Bonchev–Trinajstić information content (AvgIpc) is 2.22. The highest BCUT2D eigenvalue weighted by atomic mass is 35.5. The van der Waals surface area contributed by atoms with E-state index in [4.69, 9.17) is 18.0 Å². The first-order chi connectivity index (χ1) is 7.17. The average molecular weight is 228 g/mol. The van der Waals surface area contributed by atoms with Crippen molar-refractivity contribution in [3.63, 3.8) is 0 Å². The zero-order valence-corrected chi connectivity index (χ0v) is 9.05. The summed E-state index contributed by atoms with van der Waals surface area (Å²) >= 11 is 5.54. The Morgan fingerprint density at radius 1 is 1.73 bits per heavy atom. The van der Waals surface area contributed by atoms with Crippen molar-refractivity contribution in [3.8, 4) is 12.3 Å². The molecule has 1 unspecified atom stereocenters. The van der Waals surface area contributed by atoms with Crippen LogP contribution >= 0.6 is 11.6 Å². The third-order valence-corrected chi connectivity index (χ3v) is 1.99. The first-order valence-corrected chi connectivity index (χ1v) is 4.96. The van der Waals surface area contributed by atoms with E-state index >= 15 is 0 Å². The quantitative estimate of drug-likeness (QED) is 0.634. The first kappa shape index (κ1) is 11.7. The van der Waals surface area contributed by atoms with Crippen LogP contribution in [0.3, 0.4) is 0 Å². The first-order valence-electron chi connectivity index (χ1n) is 4.58.